The van der Waals surface area contributed by atoms with Gasteiger partial charge in [-0.15, -0.1) is 0 Å². The van der Waals surface area contributed by atoms with E-state index in [0.29, 0.717) is 4.22 Å². The number of hydrogen-bond acceptors (Lipinski definition) is 0. The van der Waals surface area contributed by atoms with Gasteiger partial charge in [-0.25, -0.2) is 0 Å². The predicted molar refractivity (Wildman–Crippen MR) is 217 cm³/mol. The molecule has 1 atom stereocenters. The maximum absolute atomic E-state index is 3.91. The molecule has 4 aromatic rings. The summed E-state index contributed by atoms with van der Waals surface area (Å²) in [5, 5.41) is 0. The Hall–Kier alpha value is -2.23. The molecule has 0 bridgehead atoms. The molecule has 0 spiro atoms. The van der Waals surface area contributed by atoms with Crippen LogP contribution < -0.4 is 3.87 Å². The van der Waals surface area contributed by atoms with E-state index in [9.17, 15) is 0 Å². The SMILES string of the molecule is CCC[CH2][Ti]([CH2]CCC)([c]1ccc(-c2ccccc2)c2c1Cc1ccccc1-2)([CH]1C(C)=Cc2ccccc21)[Si](CC)(CC)[SiH](CC)CC. The fourth-order valence-corrected chi connectivity index (χ4v) is 94.0. The number of allylic oxidation sites excluding steroid dienone is 1. The van der Waals surface area contributed by atoms with Crippen molar-refractivity contribution in [3.63, 3.8) is 0 Å². The molecule has 0 radical (unpaired) electrons. The minimum atomic E-state index is -3.91. The maximum atomic E-state index is 2.84. The van der Waals surface area contributed by atoms with E-state index < -0.39 is 28.3 Å². The Bertz CT molecular complexity index is 1750. The van der Waals surface area contributed by atoms with Crippen molar-refractivity contribution in [2.45, 2.75) is 118 Å². The minimum absolute atomic E-state index is 0.631. The van der Waals surface area contributed by atoms with Crippen LogP contribution in [-0.4, -0.2) is 13.8 Å². The van der Waals surface area contributed by atoms with Crippen molar-refractivity contribution in [3.05, 3.63) is 119 Å². The summed E-state index contributed by atoms with van der Waals surface area (Å²) in [5.74, 6) is 0. The molecule has 0 fully saturated rings. The summed E-state index contributed by atoms with van der Waals surface area (Å²) < 4.78 is 5.64. The summed E-state index contributed by atoms with van der Waals surface area (Å²) in [6.07, 6.45) is 9.15. The number of rotatable bonds is 15. The summed E-state index contributed by atoms with van der Waals surface area (Å²) in [6, 6.07) is 42.0. The molecule has 0 heterocycles. The van der Waals surface area contributed by atoms with Crippen LogP contribution in [0.3, 0.4) is 0 Å². The second-order valence-electron chi connectivity index (χ2n) is 15.5. The molecule has 0 aliphatic heterocycles. The van der Waals surface area contributed by atoms with Gasteiger partial charge in [-0.05, 0) is 0 Å². The predicted octanol–water partition coefficient (Wildman–Crippen LogP) is 13.2. The van der Waals surface area contributed by atoms with Crippen molar-refractivity contribution >= 4 is 23.7 Å². The van der Waals surface area contributed by atoms with E-state index in [4.69, 9.17) is 0 Å². The van der Waals surface area contributed by atoms with Crippen LogP contribution in [0.2, 0.25) is 33.6 Å². The normalized spacial score (nSPS) is 16.3. The second kappa shape index (κ2) is 14.6. The van der Waals surface area contributed by atoms with Crippen LogP contribution in [0.4, 0.5) is 0 Å². The van der Waals surface area contributed by atoms with Crippen molar-refractivity contribution in [3.8, 4) is 22.3 Å². The summed E-state index contributed by atoms with van der Waals surface area (Å²) >= 11 is -3.91. The Balaban J connectivity index is 1.86. The van der Waals surface area contributed by atoms with Crippen molar-refractivity contribution in [1.82, 2.24) is 0 Å². The van der Waals surface area contributed by atoms with Crippen LogP contribution in [0.5, 0.6) is 0 Å². The Kier molecular flexibility index (Phi) is 10.8. The fraction of sp³-hybridized carbons (Fsp3) is 0.422. The molecule has 48 heavy (non-hydrogen) atoms. The molecule has 3 heteroatoms. The van der Waals surface area contributed by atoms with Crippen molar-refractivity contribution in [2.75, 3.05) is 0 Å². The van der Waals surface area contributed by atoms with Gasteiger partial charge in [-0.2, -0.15) is 0 Å². The van der Waals surface area contributed by atoms with Crippen LogP contribution in [0, 0.1) is 0 Å². The molecule has 0 saturated carbocycles. The number of hydrogen-bond donors (Lipinski definition) is 0. The van der Waals surface area contributed by atoms with Crippen molar-refractivity contribution < 1.29 is 14.6 Å². The van der Waals surface area contributed by atoms with E-state index in [1.807, 2.05) is 3.87 Å². The first kappa shape index (κ1) is 35.6. The average Bonchev–Trinajstić information content (AvgIpc) is 3.69. The average molecular weight is 706 g/mol. The molecule has 2 aliphatic carbocycles. The van der Waals surface area contributed by atoms with E-state index in [1.165, 1.54) is 81.6 Å². The van der Waals surface area contributed by atoms with Crippen LogP contribution in [0.25, 0.3) is 28.3 Å². The van der Waals surface area contributed by atoms with E-state index in [0.717, 1.165) is 6.42 Å². The Labute approximate surface area is 296 Å². The van der Waals surface area contributed by atoms with Crippen LogP contribution in [-0.2, 0) is 21.0 Å². The number of unbranched alkanes of at least 4 members (excludes halogenated alkanes) is 2. The van der Waals surface area contributed by atoms with Gasteiger partial charge in [0.05, 0.1) is 0 Å². The van der Waals surface area contributed by atoms with Gasteiger partial charge >= 0.3 is 298 Å². The van der Waals surface area contributed by atoms with Gasteiger partial charge in [-0.1, -0.05) is 0 Å². The molecule has 6 rings (SSSR count). The molecule has 4 aromatic carbocycles. The molecular weight excluding hydrogens is 645 g/mol. The van der Waals surface area contributed by atoms with Gasteiger partial charge in [0.2, 0.25) is 0 Å². The van der Waals surface area contributed by atoms with Crippen LogP contribution in [0.1, 0.15) is 101 Å². The van der Waals surface area contributed by atoms with Gasteiger partial charge in [-0.3, -0.25) is 0 Å². The van der Waals surface area contributed by atoms with Crippen molar-refractivity contribution in [1.29, 1.82) is 0 Å². The first-order valence-corrected chi connectivity index (χ1v) is 31.7. The number of benzene rings is 4. The third kappa shape index (κ3) is 5.14. The molecule has 0 nitrogen and oxygen atoms in total. The third-order valence-electron chi connectivity index (χ3n) is 14.0. The van der Waals surface area contributed by atoms with E-state index in [-0.39, 0.29) is 0 Å². The van der Waals surface area contributed by atoms with Gasteiger partial charge < -0.3 is 0 Å². The van der Waals surface area contributed by atoms with Gasteiger partial charge in [0, 0.05) is 0 Å². The second-order valence-corrected chi connectivity index (χ2v) is 49.4. The molecule has 0 N–H and O–H groups in total. The molecule has 0 aromatic heterocycles. The molecule has 0 saturated heterocycles. The topological polar surface area (TPSA) is 0 Å². The summed E-state index contributed by atoms with van der Waals surface area (Å²) in [7, 11) is -1.06. The summed E-state index contributed by atoms with van der Waals surface area (Å²) in [4.78, 5) is 0. The van der Waals surface area contributed by atoms with Gasteiger partial charge in [0.25, 0.3) is 0 Å². The molecule has 2 aliphatic rings. The Morgan fingerprint density at radius 3 is 1.96 bits per heavy atom. The standard InChI is InChI=1S/C19H13.C10H9.C8H21Si2.2C4H9.Ti/c1-2-7-14(8-3-1)17-12-6-10-16-13-15-9-4-5-11-18(15)19(16)17;1-8-6-9-4-2-3-5-10(9)7-8;1-5-9(6-2)10(7-3)8-4;2*1-3-4-2;/h1-9,11-12H,13H2;2-7H,1H3;9H,5-8H2,1-4H3;2*1,3-4H2,2H3;. The molecular formula is C45H61Si2Ti. The Morgan fingerprint density at radius 2 is 1.31 bits per heavy atom. The van der Waals surface area contributed by atoms with Gasteiger partial charge in [0.15, 0.2) is 0 Å². The van der Waals surface area contributed by atoms with Crippen LogP contribution >= 0.6 is 0 Å². The van der Waals surface area contributed by atoms with Gasteiger partial charge in [0.1, 0.15) is 0 Å². The third-order valence-corrected chi connectivity index (χ3v) is 77.0. The van der Waals surface area contributed by atoms with E-state index in [1.54, 1.807) is 27.8 Å². The van der Waals surface area contributed by atoms with E-state index >= 15 is 0 Å². The zero-order valence-electron chi connectivity index (χ0n) is 31.2. The number of fused-ring (bicyclic) bond motifs is 4. The zero-order valence-corrected chi connectivity index (χ0v) is 34.9. The zero-order chi connectivity index (χ0) is 34.0. The first-order valence-electron chi connectivity index (χ1n) is 19.6. The van der Waals surface area contributed by atoms with Crippen LogP contribution in [0.15, 0.2) is 96.6 Å². The monoisotopic (exact) mass is 705 g/mol. The Morgan fingerprint density at radius 1 is 0.688 bits per heavy atom. The quantitative estimate of drug-likeness (QED) is 0.0951. The fourth-order valence-electron chi connectivity index (χ4n) is 12.4. The van der Waals surface area contributed by atoms with Crippen molar-refractivity contribution in [2.24, 2.45) is 0 Å². The summed E-state index contributed by atoms with van der Waals surface area (Å²) in [5.41, 5.74) is 12.4. The van der Waals surface area contributed by atoms with E-state index in [2.05, 4.69) is 146 Å². The molecule has 0 amide bonds. The molecule has 1 unspecified atom stereocenters. The molecule has 253 valence electrons. The summed E-state index contributed by atoms with van der Waals surface area (Å²) in [6.45, 7) is 18.2. The first-order chi connectivity index (χ1) is 23.4.